The molecule has 1 heterocycles. The third kappa shape index (κ3) is 4.33. The summed E-state index contributed by atoms with van der Waals surface area (Å²) < 4.78 is 5.95. The van der Waals surface area contributed by atoms with E-state index in [9.17, 15) is 4.79 Å². The number of carbonyl (C=O) groups excluding carboxylic acids is 1. The monoisotopic (exact) mass is 376 g/mol. The van der Waals surface area contributed by atoms with E-state index < -0.39 is 5.60 Å². The fraction of sp³-hybridized carbons (Fsp3) is 0.269. The summed E-state index contributed by atoms with van der Waals surface area (Å²) >= 11 is 0. The molecule has 0 saturated carbocycles. The SMILES string of the molecule is CC.CC.CC.O=C1OC(c2ccccc2)(c2ccccc2)c2ccccc21. The summed E-state index contributed by atoms with van der Waals surface area (Å²) in [5.74, 6) is -0.275. The van der Waals surface area contributed by atoms with E-state index >= 15 is 0 Å². The largest absolute Gasteiger partial charge is 0.441 e. The van der Waals surface area contributed by atoms with E-state index in [1.54, 1.807) is 0 Å². The van der Waals surface area contributed by atoms with Crippen LogP contribution in [0.5, 0.6) is 0 Å². The minimum atomic E-state index is -0.865. The highest BCUT2D eigenvalue weighted by atomic mass is 16.6. The highest BCUT2D eigenvalue weighted by Crippen LogP contribution is 2.46. The molecule has 2 heteroatoms. The number of carbonyl (C=O) groups is 1. The van der Waals surface area contributed by atoms with E-state index in [-0.39, 0.29) is 5.97 Å². The van der Waals surface area contributed by atoms with Crippen molar-refractivity contribution in [1.29, 1.82) is 0 Å². The van der Waals surface area contributed by atoms with Crippen LogP contribution in [0.1, 0.15) is 68.6 Å². The molecule has 3 aromatic rings. The van der Waals surface area contributed by atoms with Gasteiger partial charge in [-0.05, 0) is 6.07 Å². The summed E-state index contributed by atoms with van der Waals surface area (Å²) in [6, 6.07) is 27.4. The Balaban J connectivity index is 0.000000599. The molecule has 148 valence electrons. The molecule has 0 spiro atoms. The quantitative estimate of drug-likeness (QED) is 0.441. The number of esters is 1. The van der Waals surface area contributed by atoms with Crippen molar-refractivity contribution in [2.45, 2.75) is 47.1 Å². The van der Waals surface area contributed by atoms with Gasteiger partial charge in [0.2, 0.25) is 0 Å². The molecule has 0 N–H and O–H groups in total. The lowest BCUT2D eigenvalue weighted by molar-refractivity contribution is 0.0251. The average molecular weight is 377 g/mol. The van der Waals surface area contributed by atoms with Gasteiger partial charge < -0.3 is 4.74 Å². The number of hydrogen-bond donors (Lipinski definition) is 0. The van der Waals surface area contributed by atoms with Gasteiger partial charge in [-0.3, -0.25) is 0 Å². The molecule has 0 aliphatic carbocycles. The van der Waals surface area contributed by atoms with E-state index in [2.05, 4.69) is 0 Å². The first kappa shape index (κ1) is 23.2. The molecule has 1 aliphatic rings. The van der Waals surface area contributed by atoms with Crippen LogP contribution in [0.2, 0.25) is 0 Å². The second-order valence-corrected chi connectivity index (χ2v) is 5.35. The van der Waals surface area contributed by atoms with Gasteiger partial charge in [-0.15, -0.1) is 0 Å². The fourth-order valence-electron chi connectivity index (χ4n) is 3.16. The topological polar surface area (TPSA) is 26.3 Å². The summed E-state index contributed by atoms with van der Waals surface area (Å²) in [6.45, 7) is 12.0. The third-order valence-electron chi connectivity index (χ3n) is 4.13. The summed E-state index contributed by atoms with van der Waals surface area (Å²) in [6.07, 6.45) is 0. The van der Waals surface area contributed by atoms with Crippen LogP contribution in [0.15, 0.2) is 84.9 Å². The first-order valence-corrected chi connectivity index (χ1v) is 10.3. The van der Waals surface area contributed by atoms with Crippen LogP contribution in [0, 0.1) is 0 Å². The van der Waals surface area contributed by atoms with Gasteiger partial charge in [-0.25, -0.2) is 4.79 Å². The molecular weight excluding hydrogens is 344 g/mol. The van der Waals surface area contributed by atoms with Crippen LogP contribution in [-0.4, -0.2) is 5.97 Å². The number of rotatable bonds is 2. The summed E-state index contributed by atoms with van der Waals surface area (Å²) in [4.78, 5) is 12.4. The van der Waals surface area contributed by atoms with Crippen molar-refractivity contribution >= 4 is 5.97 Å². The van der Waals surface area contributed by atoms with E-state index in [0.29, 0.717) is 5.56 Å². The lowest BCUT2D eigenvalue weighted by atomic mass is 9.80. The Bertz CT molecular complexity index is 784. The molecule has 0 unspecified atom stereocenters. The van der Waals surface area contributed by atoms with Gasteiger partial charge in [0.15, 0.2) is 5.60 Å². The Morgan fingerprint density at radius 2 is 0.964 bits per heavy atom. The zero-order chi connectivity index (χ0) is 21.0. The van der Waals surface area contributed by atoms with Crippen LogP contribution in [0.25, 0.3) is 0 Å². The number of ether oxygens (including phenoxy) is 1. The first-order chi connectivity index (χ1) is 13.8. The Labute approximate surface area is 170 Å². The summed E-state index contributed by atoms with van der Waals surface area (Å²) in [7, 11) is 0. The predicted octanol–water partition coefficient (Wildman–Crippen LogP) is 7.23. The van der Waals surface area contributed by atoms with Crippen molar-refractivity contribution in [2.24, 2.45) is 0 Å². The maximum absolute atomic E-state index is 12.4. The molecule has 2 nitrogen and oxygen atoms in total. The van der Waals surface area contributed by atoms with E-state index in [4.69, 9.17) is 4.74 Å². The molecule has 0 bridgehead atoms. The lowest BCUT2D eigenvalue weighted by Crippen LogP contribution is -2.29. The molecule has 0 amide bonds. The lowest BCUT2D eigenvalue weighted by Gasteiger charge is -2.30. The highest BCUT2D eigenvalue weighted by Gasteiger charge is 2.48. The van der Waals surface area contributed by atoms with Crippen LogP contribution in [0.4, 0.5) is 0 Å². The van der Waals surface area contributed by atoms with Crippen molar-refractivity contribution in [2.75, 3.05) is 0 Å². The molecule has 0 atom stereocenters. The molecular formula is C26H32O2. The number of hydrogen-bond acceptors (Lipinski definition) is 2. The van der Waals surface area contributed by atoms with Gasteiger partial charge >= 0.3 is 5.97 Å². The van der Waals surface area contributed by atoms with Gasteiger partial charge in [0.05, 0.1) is 5.56 Å². The molecule has 0 radical (unpaired) electrons. The maximum atomic E-state index is 12.4. The van der Waals surface area contributed by atoms with Gasteiger partial charge in [-0.1, -0.05) is 120 Å². The third-order valence-corrected chi connectivity index (χ3v) is 4.13. The van der Waals surface area contributed by atoms with Gasteiger partial charge in [0.1, 0.15) is 0 Å². The van der Waals surface area contributed by atoms with E-state index in [0.717, 1.165) is 16.7 Å². The summed E-state index contributed by atoms with van der Waals surface area (Å²) in [5, 5.41) is 0. The van der Waals surface area contributed by atoms with Crippen molar-refractivity contribution in [3.05, 3.63) is 107 Å². The Morgan fingerprint density at radius 3 is 1.43 bits per heavy atom. The van der Waals surface area contributed by atoms with Crippen LogP contribution in [-0.2, 0) is 10.3 Å². The van der Waals surface area contributed by atoms with E-state index in [1.165, 1.54) is 0 Å². The minimum absolute atomic E-state index is 0.275. The maximum Gasteiger partial charge on any atom is 0.340 e. The van der Waals surface area contributed by atoms with E-state index in [1.807, 2.05) is 126 Å². The molecule has 0 aromatic heterocycles. The Kier molecular flexibility index (Phi) is 9.73. The fourth-order valence-corrected chi connectivity index (χ4v) is 3.16. The molecule has 0 saturated heterocycles. The first-order valence-electron chi connectivity index (χ1n) is 10.3. The normalized spacial score (nSPS) is 12.6. The molecule has 1 aliphatic heterocycles. The zero-order valence-electron chi connectivity index (χ0n) is 17.9. The van der Waals surface area contributed by atoms with Gasteiger partial charge in [0, 0.05) is 16.7 Å². The van der Waals surface area contributed by atoms with Crippen LogP contribution in [0.3, 0.4) is 0 Å². The Hall–Kier alpha value is -2.87. The minimum Gasteiger partial charge on any atom is -0.441 e. The molecule has 0 fully saturated rings. The standard InChI is InChI=1S/C20H14O2.3C2H6/c21-19-17-13-7-8-14-18(17)20(22-19,15-9-3-1-4-10-15)16-11-5-2-6-12-16;3*1-2/h1-14H;3*1-2H3. The van der Waals surface area contributed by atoms with Crippen molar-refractivity contribution < 1.29 is 9.53 Å². The zero-order valence-corrected chi connectivity index (χ0v) is 17.9. The number of cyclic esters (lactones) is 1. The van der Waals surface area contributed by atoms with Gasteiger partial charge in [0.25, 0.3) is 0 Å². The number of benzene rings is 3. The predicted molar refractivity (Wildman–Crippen MR) is 119 cm³/mol. The Morgan fingerprint density at radius 1 is 0.571 bits per heavy atom. The molecule has 4 rings (SSSR count). The van der Waals surface area contributed by atoms with Crippen molar-refractivity contribution in [3.8, 4) is 0 Å². The van der Waals surface area contributed by atoms with Crippen molar-refractivity contribution in [3.63, 3.8) is 0 Å². The second kappa shape index (κ2) is 11.8. The highest BCUT2D eigenvalue weighted by molar-refractivity contribution is 5.96. The van der Waals surface area contributed by atoms with Crippen LogP contribution >= 0.6 is 0 Å². The summed E-state index contributed by atoms with van der Waals surface area (Å²) in [5.41, 5.74) is 2.59. The number of fused-ring (bicyclic) bond motifs is 1. The van der Waals surface area contributed by atoms with Gasteiger partial charge in [-0.2, -0.15) is 0 Å². The average Bonchev–Trinajstić information content (AvgIpc) is 3.13. The second-order valence-electron chi connectivity index (χ2n) is 5.35. The van der Waals surface area contributed by atoms with Crippen LogP contribution < -0.4 is 0 Å². The van der Waals surface area contributed by atoms with Crippen molar-refractivity contribution in [1.82, 2.24) is 0 Å². The molecule has 3 aromatic carbocycles. The molecule has 28 heavy (non-hydrogen) atoms. The smallest absolute Gasteiger partial charge is 0.340 e.